The van der Waals surface area contributed by atoms with E-state index in [2.05, 4.69) is 4.90 Å². The van der Waals surface area contributed by atoms with Gasteiger partial charge in [0.25, 0.3) is 0 Å². The third kappa shape index (κ3) is 2.76. The van der Waals surface area contributed by atoms with Crippen LogP contribution in [0.1, 0.15) is 32.6 Å². The first-order chi connectivity index (χ1) is 10.1. The van der Waals surface area contributed by atoms with Crippen molar-refractivity contribution in [2.75, 3.05) is 24.5 Å². The van der Waals surface area contributed by atoms with E-state index in [9.17, 15) is 13.2 Å². The van der Waals surface area contributed by atoms with Gasteiger partial charge in [-0.2, -0.15) is 0 Å². The van der Waals surface area contributed by atoms with Gasteiger partial charge in [0.1, 0.15) is 5.82 Å². The average molecular weight is 298 g/mol. The Morgan fingerprint density at radius 1 is 1.14 bits per heavy atom. The van der Waals surface area contributed by atoms with E-state index in [0.717, 1.165) is 32.0 Å². The molecule has 2 saturated heterocycles. The molecule has 3 rings (SSSR count). The lowest BCUT2D eigenvalue weighted by molar-refractivity contribution is 0.110. The lowest BCUT2D eigenvalue weighted by Gasteiger charge is -2.49. The molecule has 0 bridgehead atoms. The zero-order valence-electron chi connectivity index (χ0n) is 12.3. The van der Waals surface area contributed by atoms with Gasteiger partial charge in [-0.25, -0.2) is 13.2 Å². The lowest BCUT2D eigenvalue weighted by Crippen LogP contribution is -2.59. The van der Waals surface area contributed by atoms with Crippen LogP contribution in [0.15, 0.2) is 12.1 Å². The maximum absolute atomic E-state index is 14.1. The van der Waals surface area contributed by atoms with Crippen molar-refractivity contribution in [1.29, 1.82) is 0 Å². The van der Waals surface area contributed by atoms with Crippen LogP contribution in [0, 0.1) is 17.5 Å². The molecule has 2 atom stereocenters. The van der Waals surface area contributed by atoms with Crippen molar-refractivity contribution in [3.8, 4) is 0 Å². The summed E-state index contributed by atoms with van der Waals surface area (Å²) in [5.41, 5.74) is 0.0737. The SMILES string of the molecule is CCC1CN2CCCCC2CN1c1cc(F)cc(F)c1F. The fourth-order valence-corrected chi connectivity index (χ4v) is 3.65. The second-order valence-electron chi connectivity index (χ2n) is 6.08. The molecule has 21 heavy (non-hydrogen) atoms. The highest BCUT2D eigenvalue weighted by Crippen LogP contribution is 2.32. The van der Waals surface area contributed by atoms with Crippen molar-refractivity contribution in [2.24, 2.45) is 0 Å². The molecule has 2 nitrogen and oxygen atoms in total. The normalized spacial score (nSPS) is 26.8. The number of benzene rings is 1. The minimum absolute atomic E-state index is 0.0737. The Morgan fingerprint density at radius 3 is 2.71 bits per heavy atom. The molecular weight excluding hydrogens is 277 g/mol. The molecule has 2 heterocycles. The predicted octanol–water partition coefficient (Wildman–Crippen LogP) is 3.56. The number of anilines is 1. The number of piperidine rings is 1. The van der Waals surface area contributed by atoms with E-state index in [1.807, 2.05) is 11.8 Å². The summed E-state index contributed by atoms with van der Waals surface area (Å²) in [5, 5.41) is 0. The van der Waals surface area contributed by atoms with Crippen molar-refractivity contribution >= 4 is 5.69 Å². The van der Waals surface area contributed by atoms with E-state index in [1.165, 1.54) is 12.8 Å². The molecule has 1 aromatic rings. The van der Waals surface area contributed by atoms with E-state index in [1.54, 1.807) is 0 Å². The molecule has 0 aliphatic carbocycles. The van der Waals surface area contributed by atoms with E-state index in [0.29, 0.717) is 18.7 Å². The number of piperazine rings is 1. The summed E-state index contributed by atoms with van der Waals surface area (Å²) in [6, 6.07) is 2.21. The molecule has 0 aromatic heterocycles. The van der Waals surface area contributed by atoms with Crippen LogP contribution in [0.25, 0.3) is 0 Å². The monoisotopic (exact) mass is 298 g/mol. The lowest BCUT2D eigenvalue weighted by atomic mass is 9.95. The van der Waals surface area contributed by atoms with Gasteiger partial charge in [0, 0.05) is 37.3 Å². The van der Waals surface area contributed by atoms with E-state index in [4.69, 9.17) is 0 Å². The fourth-order valence-electron chi connectivity index (χ4n) is 3.65. The standard InChI is InChI=1S/C16H21F3N2/c1-2-12-9-20-6-4-3-5-13(20)10-21(12)15-8-11(17)7-14(18)16(15)19/h7-8,12-13H,2-6,9-10H2,1H3. The molecule has 5 heteroatoms. The Bertz CT molecular complexity index is 520. The molecule has 116 valence electrons. The summed E-state index contributed by atoms with van der Waals surface area (Å²) in [6.07, 6.45) is 4.29. The average Bonchev–Trinajstić information content (AvgIpc) is 2.49. The molecule has 2 unspecified atom stereocenters. The van der Waals surface area contributed by atoms with Gasteiger partial charge in [0.05, 0.1) is 5.69 Å². The Balaban J connectivity index is 1.92. The predicted molar refractivity (Wildman–Crippen MR) is 77.0 cm³/mol. The number of hydrogen-bond donors (Lipinski definition) is 0. The van der Waals surface area contributed by atoms with Crippen molar-refractivity contribution < 1.29 is 13.2 Å². The second-order valence-corrected chi connectivity index (χ2v) is 6.08. The van der Waals surface area contributed by atoms with Crippen molar-refractivity contribution in [3.05, 3.63) is 29.6 Å². The van der Waals surface area contributed by atoms with Crippen LogP contribution in [0.3, 0.4) is 0 Å². The zero-order chi connectivity index (χ0) is 15.0. The third-order valence-electron chi connectivity index (χ3n) is 4.80. The smallest absolute Gasteiger partial charge is 0.182 e. The van der Waals surface area contributed by atoms with Gasteiger partial charge in [-0.3, -0.25) is 4.90 Å². The van der Waals surface area contributed by atoms with Gasteiger partial charge < -0.3 is 4.90 Å². The Labute approximate surface area is 123 Å². The van der Waals surface area contributed by atoms with Gasteiger partial charge in [0.2, 0.25) is 0 Å². The molecule has 0 spiro atoms. The van der Waals surface area contributed by atoms with Crippen molar-refractivity contribution in [3.63, 3.8) is 0 Å². The number of fused-ring (bicyclic) bond motifs is 1. The summed E-state index contributed by atoms with van der Waals surface area (Å²) in [5.74, 6) is -2.75. The number of nitrogens with zero attached hydrogens (tertiary/aromatic N) is 2. The quantitative estimate of drug-likeness (QED) is 0.770. The summed E-state index contributed by atoms with van der Waals surface area (Å²) in [7, 11) is 0. The molecule has 0 saturated carbocycles. The van der Waals surface area contributed by atoms with Crippen molar-refractivity contribution in [1.82, 2.24) is 4.90 Å². The van der Waals surface area contributed by atoms with Crippen LogP contribution < -0.4 is 4.90 Å². The number of halogens is 3. The Hall–Kier alpha value is -1.23. The topological polar surface area (TPSA) is 6.48 Å². The molecule has 2 fully saturated rings. The molecular formula is C16H21F3N2. The Kier molecular flexibility index (Phi) is 4.11. The van der Waals surface area contributed by atoms with E-state index in [-0.39, 0.29) is 11.7 Å². The largest absolute Gasteiger partial charge is 0.363 e. The maximum atomic E-state index is 14.1. The second kappa shape index (κ2) is 5.87. The molecule has 2 aliphatic rings. The zero-order valence-corrected chi connectivity index (χ0v) is 12.3. The highest BCUT2D eigenvalue weighted by molar-refractivity contribution is 5.50. The van der Waals surface area contributed by atoms with Gasteiger partial charge in [-0.1, -0.05) is 13.3 Å². The highest BCUT2D eigenvalue weighted by atomic mass is 19.2. The molecule has 0 N–H and O–H groups in total. The fraction of sp³-hybridized carbons (Fsp3) is 0.625. The van der Waals surface area contributed by atoms with Gasteiger partial charge in [-0.05, 0) is 25.8 Å². The summed E-state index contributed by atoms with van der Waals surface area (Å²) in [6.45, 7) is 4.61. The van der Waals surface area contributed by atoms with Crippen LogP contribution in [0.5, 0.6) is 0 Å². The van der Waals surface area contributed by atoms with Crippen molar-refractivity contribution in [2.45, 2.75) is 44.7 Å². The maximum Gasteiger partial charge on any atom is 0.182 e. The molecule has 1 aromatic carbocycles. The van der Waals surface area contributed by atoms with Crippen LogP contribution in [-0.2, 0) is 0 Å². The summed E-state index contributed by atoms with van der Waals surface area (Å²) in [4.78, 5) is 4.32. The highest BCUT2D eigenvalue weighted by Gasteiger charge is 2.35. The van der Waals surface area contributed by atoms with Crippen LogP contribution in [-0.4, -0.2) is 36.6 Å². The molecule has 2 aliphatic heterocycles. The number of hydrogen-bond acceptors (Lipinski definition) is 2. The number of rotatable bonds is 2. The van der Waals surface area contributed by atoms with Crippen LogP contribution in [0.2, 0.25) is 0 Å². The molecule has 0 amide bonds. The van der Waals surface area contributed by atoms with Gasteiger partial charge in [-0.15, -0.1) is 0 Å². The van der Waals surface area contributed by atoms with Crippen LogP contribution >= 0.6 is 0 Å². The third-order valence-corrected chi connectivity index (χ3v) is 4.80. The van der Waals surface area contributed by atoms with Gasteiger partial charge >= 0.3 is 0 Å². The minimum atomic E-state index is -1.11. The van der Waals surface area contributed by atoms with Crippen LogP contribution in [0.4, 0.5) is 18.9 Å². The summed E-state index contributed by atoms with van der Waals surface area (Å²) >= 11 is 0. The Morgan fingerprint density at radius 2 is 1.95 bits per heavy atom. The molecule has 0 radical (unpaired) electrons. The summed E-state index contributed by atoms with van der Waals surface area (Å²) < 4.78 is 41.1. The van der Waals surface area contributed by atoms with Gasteiger partial charge in [0.15, 0.2) is 11.6 Å². The van der Waals surface area contributed by atoms with E-state index < -0.39 is 17.5 Å². The first-order valence-electron chi connectivity index (χ1n) is 7.75. The first-order valence-corrected chi connectivity index (χ1v) is 7.75. The first kappa shape index (κ1) is 14.7. The van der Waals surface area contributed by atoms with E-state index >= 15 is 0 Å². The minimum Gasteiger partial charge on any atom is -0.363 e.